The molecule has 4 N–H and O–H groups in total. The van der Waals surface area contributed by atoms with Crippen molar-refractivity contribution in [3.05, 3.63) is 59.9 Å². The number of nitrogens with zero attached hydrogens (tertiary/aromatic N) is 2. The van der Waals surface area contributed by atoms with Gasteiger partial charge in [-0.2, -0.15) is 13.2 Å². The first kappa shape index (κ1) is 31.6. The Kier molecular flexibility index (Phi) is 11.3. The summed E-state index contributed by atoms with van der Waals surface area (Å²) in [5, 5.41) is 14.1. The second-order valence-electron chi connectivity index (χ2n) is 7.77. The number of halogens is 4. The molecule has 0 unspecified atom stereocenters. The van der Waals surface area contributed by atoms with Gasteiger partial charge in [-0.25, -0.2) is 27.9 Å². The molecule has 0 aliphatic rings. The number of carbonyl (C=O) groups is 1. The molecule has 1 aromatic heterocycles. The lowest BCUT2D eigenvalue weighted by Crippen LogP contribution is -2.21. The van der Waals surface area contributed by atoms with Crippen LogP contribution in [-0.4, -0.2) is 48.8 Å². The molecule has 0 saturated carbocycles. The summed E-state index contributed by atoms with van der Waals surface area (Å²) in [5.74, 6) is -1.18. The summed E-state index contributed by atoms with van der Waals surface area (Å²) in [5.41, 5.74) is 1.31. The Bertz CT molecular complexity index is 1360. The number of alkyl halides is 3. The molecule has 39 heavy (non-hydrogen) atoms. The summed E-state index contributed by atoms with van der Waals surface area (Å²) in [6, 6.07) is 13.6. The van der Waals surface area contributed by atoms with Crippen LogP contribution in [0.25, 0.3) is 0 Å². The van der Waals surface area contributed by atoms with Gasteiger partial charge in [0.15, 0.2) is 0 Å². The topological polar surface area (TPSA) is 143 Å². The number of benzene rings is 2. The molecule has 10 nitrogen and oxygen atoms in total. The van der Waals surface area contributed by atoms with Crippen LogP contribution in [0, 0.1) is 0 Å². The van der Waals surface area contributed by atoms with Gasteiger partial charge in [-0.05, 0) is 62.4 Å². The van der Waals surface area contributed by atoms with Gasteiger partial charge >= 0.3 is 12.1 Å². The van der Waals surface area contributed by atoms with Crippen molar-refractivity contribution in [1.29, 1.82) is 0 Å². The van der Waals surface area contributed by atoms with E-state index >= 15 is 0 Å². The van der Waals surface area contributed by atoms with Crippen LogP contribution >= 0.6 is 11.6 Å². The van der Waals surface area contributed by atoms with Gasteiger partial charge in [0.05, 0.1) is 16.7 Å². The SMILES string of the molecule is CCC(CC)Oc1ccc(S(=O)(=O)NC)cc1Nc1cc(Nc2ccc(Cl)cc2)ncn1.O=C(O)C(F)(F)F. The van der Waals surface area contributed by atoms with Crippen molar-refractivity contribution in [1.82, 2.24) is 14.7 Å². The average Bonchev–Trinajstić information content (AvgIpc) is 2.89. The zero-order chi connectivity index (χ0) is 29.2. The lowest BCUT2D eigenvalue weighted by Gasteiger charge is -2.20. The van der Waals surface area contributed by atoms with Crippen molar-refractivity contribution in [3.8, 4) is 5.75 Å². The fraction of sp³-hybridized carbons (Fsp3) is 0.292. The molecule has 1 heterocycles. The Hall–Kier alpha value is -3.62. The Morgan fingerprint density at radius 1 is 1.03 bits per heavy atom. The van der Waals surface area contributed by atoms with E-state index in [2.05, 4.69) is 25.3 Å². The summed E-state index contributed by atoms with van der Waals surface area (Å²) in [6.07, 6.45) is -2.00. The molecule has 2 aromatic carbocycles. The van der Waals surface area contributed by atoms with Crippen LogP contribution in [0.15, 0.2) is 59.8 Å². The molecule has 0 aliphatic heterocycles. The van der Waals surface area contributed by atoms with E-state index in [1.807, 2.05) is 26.0 Å². The first-order valence-corrected chi connectivity index (χ1v) is 13.3. The maximum atomic E-state index is 12.3. The van der Waals surface area contributed by atoms with Gasteiger partial charge in [0.25, 0.3) is 0 Å². The summed E-state index contributed by atoms with van der Waals surface area (Å²) < 4.78 is 64.8. The van der Waals surface area contributed by atoms with Crippen LogP contribution in [0.1, 0.15) is 26.7 Å². The molecule has 0 bridgehead atoms. The number of carboxylic acids is 1. The van der Waals surface area contributed by atoms with Crippen LogP contribution < -0.4 is 20.1 Å². The largest absolute Gasteiger partial charge is 0.490 e. The minimum absolute atomic E-state index is 0.00911. The zero-order valence-corrected chi connectivity index (χ0v) is 22.7. The number of carboxylic acid groups (broad SMARTS) is 1. The smallest absolute Gasteiger partial charge is 0.488 e. The lowest BCUT2D eigenvalue weighted by atomic mass is 10.2. The van der Waals surface area contributed by atoms with E-state index in [-0.39, 0.29) is 11.0 Å². The Morgan fingerprint density at radius 2 is 1.59 bits per heavy atom. The van der Waals surface area contributed by atoms with Crippen LogP contribution in [0.3, 0.4) is 0 Å². The predicted molar refractivity (Wildman–Crippen MR) is 141 cm³/mol. The van der Waals surface area contributed by atoms with Gasteiger partial charge in [0.2, 0.25) is 10.0 Å². The lowest BCUT2D eigenvalue weighted by molar-refractivity contribution is -0.192. The molecular weight excluding hydrogens is 563 g/mol. The summed E-state index contributed by atoms with van der Waals surface area (Å²) >= 11 is 5.93. The fourth-order valence-corrected chi connectivity index (χ4v) is 3.82. The highest BCUT2D eigenvalue weighted by Gasteiger charge is 2.38. The van der Waals surface area contributed by atoms with Gasteiger partial charge in [0, 0.05) is 16.8 Å². The normalized spacial score (nSPS) is 11.4. The molecule has 0 amide bonds. The minimum Gasteiger partial charge on any atom is -0.488 e. The highest BCUT2D eigenvalue weighted by molar-refractivity contribution is 7.89. The number of sulfonamides is 1. The van der Waals surface area contributed by atoms with Crippen LogP contribution in [-0.2, 0) is 14.8 Å². The van der Waals surface area contributed by atoms with E-state index in [1.165, 1.54) is 25.5 Å². The fourth-order valence-electron chi connectivity index (χ4n) is 2.94. The highest BCUT2D eigenvalue weighted by Crippen LogP contribution is 2.32. The third-order valence-corrected chi connectivity index (χ3v) is 6.69. The van der Waals surface area contributed by atoms with Crippen LogP contribution in [0.2, 0.25) is 5.02 Å². The number of aliphatic carboxylic acids is 1. The third kappa shape index (κ3) is 9.89. The van der Waals surface area contributed by atoms with Crippen molar-refractivity contribution >= 4 is 50.6 Å². The average molecular weight is 590 g/mol. The molecule has 0 atom stereocenters. The van der Waals surface area contributed by atoms with Gasteiger partial charge < -0.3 is 20.5 Å². The monoisotopic (exact) mass is 589 g/mol. The van der Waals surface area contributed by atoms with Gasteiger partial charge in [-0.15, -0.1) is 0 Å². The van der Waals surface area contributed by atoms with Crippen molar-refractivity contribution in [3.63, 3.8) is 0 Å². The third-order valence-electron chi connectivity index (χ3n) is 5.02. The van der Waals surface area contributed by atoms with Crippen molar-refractivity contribution < 1.29 is 36.2 Å². The van der Waals surface area contributed by atoms with Gasteiger partial charge in [-0.1, -0.05) is 25.4 Å². The molecule has 15 heteroatoms. The molecule has 3 rings (SSSR count). The molecule has 212 valence electrons. The summed E-state index contributed by atoms with van der Waals surface area (Å²) in [6.45, 7) is 4.08. The standard InChI is InChI=1S/C22H26ClN5O3S.C2HF3O2/c1-4-17(5-2)31-20-11-10-18(32(29,30)24-3)12-19(20)28-22-13-21(25-14-26-22)27-16-8-6-15(23)7-9-16;3-2(4,5)1(6)7/h6-14,17,24H,4-5H2,1-3H3,(H2,25,26,27,28);(H,6,7). The maximum absolute atomic E-state index is 12.3. The molecule has 0 aliphatic carbocycles. The molecule has 3 aromatic rings. The van der Waals surface area contributed by atoms with Crippen molar-refractivity contribution in [2.24, 2.45) is 0 Å². The van der Waals surface area contributed by atoms with Gasteiger partial charge in [0.1, 0.15) is 23.7 Å². The number of hydrogen-bond donors (Lipinski definition) is 4. The van der Waals surface area contributed by atoms with E-state index in [0.717, 1.165) is 18.5 Å². The zero-order valence-electron chi connectivity index (χ0n) is 21.1. The first-order valence-electron chi connectivity index (χ1n) is 11.4. The Labute approximate surface area is 228 Å². The number of hydrogen-bond acceptors (Lipinski definition) is 8. The number of nitrogens with one attached hydrogen (secondary N) is 3. The number of aromatic nitrogens is 2. The first-order chi connectivity index (χ1) is 18.3. The number of anilines is 4. The second-order valence-corrected chi connectivity index (χ2v) is 10.1. The number of ether oxygens (including phenoxy) is 1. The summed E-state index contributed by atoms with van der Waals surface area (Å²) in [7, 11) is -2.25. The second kappa shape index (κ2) is 14.0. The van der Waals surface area contributed by atoms with Crippen LogP contribution in [0.5, 0.6) is 5.75 Å². The molecule has 0 radical (unpaired) electrons. The predicted octanol–water partition coefficient (Wildman–Crippen LogP) is 5.73. The highest BCUT2D eigenvalue weighted by atomic mass is 35.5. The van der Waals surface area contributed by atoms with Crippen LogP contribution in [0.4, 0.5) is 36.2 Å². The van der Waals surface area contributed by atoms with E-state index in [4.69, 9.17) is 26.2 Å². The van der Waals surface area contributed by atoms with E-state index < -0.39 is 22.2 Å². The Balaban J connectivity index is 0.000000673. The molecular formula is C24H27ClF3N5O5S. The quantitative estimate of drug-likeness (QED) is 0.233. The van der Waals surface area contributed by atoms with E-state index in [0.29, 0.717) is 28.1 Å². The maximum Gasteiger partial charge on any atom is 0.490 e. The molecule has 0 fully saturated rings. The Morgan fingerprint density at radius 3 is 2.10 bits per heavy atom. The van der Waals surface area contributed by atoms with Gasteiger partial charge in [-0.3, -0.25) is 0 Å². The van der Waals surface area contributed by atoms with Crippen molar-refractivity contribution in [2.75, 3.05) is 17.7 Å². The number of rotatable bonds is 10. The van der Waals surface area contributed by atoms with E-state index in [9.17, 15) is 21.6 Å². The minimum atomic E-state index is -5.08. The molecule has 0 spiro atoms. The summed E-state index contributed by atoms with van der Waals surface area (Å²) in [4.78, 5) is 17.5. The van der Waals surface area contributed by atoms with E-state index in [1.54, 1.807) is 24.3 Å². The molecule has 0 saturated heterocycles. The van der Waals surface area contributed by atoms with Crippen molar-refractivity contribution in [2.45, 2.75) is 43.9 Å².